The Morgan fingerprint density at radius 2 is 2.31 bits per heavy atom. The molecule has 0 aromatic rings. The van der Waals surface area contributed by atoms with Gasteiger partial charge in [-0.3, -0.25) is 4.90 Å². The van der Waals surface area contributed by atoms with E-state index in [1.54, 1.807) is 0 Å². The minimum atomic E-state index is -0.149. The van der Waals surface area contributed by atoms with Gasteiger partial charge in [0.1, 0.15) is 0 Å². The van der Waals surface area contributed by atoms with Gasteiger partial charge in [0.15, 0.2) is 0 Å². The maximum absolute atomic E-state index is 8.56. The number of hydrogen-bond donors (Lipinski definition) is 0. The van der Waals surface area contributed by atoms with Crippen molar-refractivity contribution in [1.82, 2.24) is 4.90 Å². The second-order valence-corrected chi connectivity index (χ2v) is 4.17. The first-order chi connectivity index (χ1) is 6.10. The van der Waals surface area contributed by atoms with Crippen LogP contribution >= 0.6 is 0 Å². The first-order valence-electron chi connectivity index (χ1n) is 4.70. The number of hydrogen-bond acceptors (Lipinski definition) is 2. The molecule has 1 atom stereocenters. The lowest BCUT2D eigenvalue weighted by Gasteiger charge is -2.30. The summed E-state index contributed by atoms with van der Waals surface area (Å²) in [6, 6.07) is 2.22. The zero-order chi connectivity index (χ0) is 9.90. The molecule has 1 aliphatic heterocycles. The Morgan fingerprint density at radius 1 is 1.62 bits per heavy atom. The van der Waals surface area contributed by atoms with Crippen molar-refractivity contribution < 1.29 is 0 Å². The van der Waals surface area contributed by atoms with Gasteiger partial charge in [-0.05, 0) is 32.7 Å². The van der Waals surface area contributed by atoms with Gasteiger partial charge in [0, 0.05) is 13.0 Å². The van der Waals surface area contributed by atoms with E-state index < -0.39 is 0 Å². The van der Waals surface area contributed by atoms with Crippen LogP contribution in [0.2, 0.25) is 0 Å². The van der Waals surface area contributed by atoms with Crippen LogP contribution in [0.3, 0.4) is 0 Å². The predicted molar refractivity (Wildman–Crippen MR) is 52.8 cm³/mol. The van der Waals surface area contributed by atoms with Crippen molar-refractivity contribution in [1.29, 1.82) is 5.26 Å². The van der Waals surface area contributed by atoms with Crippen LogP contribution in [0.15, 0.2) is 0 Å². The van der Waals surface area contributed by atoms with E-state index in [1.807, 2.05) is 0 Å². The summed E-state index contributed by atoms with van der Waals surface area (Å²) in [7, 11) is 0. The summed E-state index contributed by atoms with van der Waals surface area (Å²) in [5.41, 5.74) is -0.149. The molecule has 1 unspecified atom stereocenters. The van der Waals surface area contributed by atoms with Gasteiger partial charge in [-0.2, -0.15) is 5.26 Å². The minimum absolute atomic E-state index is 0.149. The summed E-state index contributed by atoms with van der Waals surface area (Å²) in [6.45, 7) is 6.12. The fourth-order valence-corrected chi connectivity index (χ4v) is 1.73. The Balaban J connectivity index is 2.52. The Morgan fingerprint density at radius 3 is 2.85 bits per heavy atom. The average Bonchev–Trinajstić information content (AvgIpc) is 2.54. The van der Waals surface area contributed by atoms with Crippen LogP contribution in [0, 0.1) is 29.6 Å². The smallest absolute Gasteiger partial charge is 0.0766 e. The molecule has 0 radical (unpaired) electrons. The Kier molecular flexibility index (Phi) is 2.96. The predicted octanol–water partition coefficient (Wildman–Crippen LogP) is 1.63. The molecule has 13 heavy (non-hydrogen) atoms. The molecule has 1 heterocycles. The number of nitrogens with zero attached hydrogens (tertiary/aromatic N) is 2. The van der Waals surface area contributed by atoms with Crippen molar-refractivity contribution in [2.45, 2.75) is 32.2 Å². The van der Waals surface area contributed by atoms with E-state index in [0.717, 1.165) is 19.5 Å². The molecule has 0 amide bonds. The van der Waals surface area contributed by atoms with Gasteiger partial charge in [-0.1, -0.05) is 5.92 Å². The van der Waals surface area contributed by atoms with E-state index >= 15 is 0 Å². The molecule has 0 aromatic heterocycles. The molecule has 70 valence electrons. The van der Waals surface area contributed by atoms with Gasteiger partial charge >= 0.3 is 0 Å². The lowest BCUT2D eigenvalue weighted by Crippen LogP contribution is -2.40. The highest BCUT2D eigenvalue weighted by molar-refractivity contribution is 5.10. The SMILES string of the molecule is C#CC(C)(C)N1CCC(CC#N)C1. The average molecular weight is 176 g/mol. The maximum atomic E-state index is 8.56. The Labute approximate surface area is 80.5 Å². The fourth-order valence-electron chi connectivity index (χ4n) is 1.73. The fraction of sp³-hybridized carbons (Fsp3) is 0.727. The van der Waals surface area contributed by atoms with Crippen LogP contribution in [0.1, 0.15) is 26.7 Å². The summed E-state index contributed by atoms with van der Waals surface area (Å²) in [5, 5.41) is 8.56. The lowest BCUT2D eigenvalue weighted by atomic mass is 10.0. The highest BCUT2D eigenvalue weighted by Gasteiger charge is 2.31. The standard InChI is InChI=1S/C11H16N2/c1-4-11(2,3)13-8-6-10(9-13)5-7-12/h1,10H,5-6,8-9H2,2-3H3. The summed E-state index contributed by atoms with van der Waals surface area (Å²) < 4.78 is 0. The first kappa shape index (κ1) is 10.1. The topological polar surface area (TPSA) is 27.0 Å². The minimum Gasteiger partial charge on any atom is -0.287 e. The van der Waals surface area contributed by atoms with Gasteiger partial charge < -0.3 is 0 Å². The molecular formula is C11H16N2. The Hall–Kier alpha value is -0.990. The van der Waals surface area contributed by atoms with Crippen LogP contribution in [0.25, 0.3) is 0 Å². The first-order valence-corrected chi connectivity index (χ1v) is 4.70. The summed E-state index contributed by atoms with van der Waals surface area (Å²) in [6.07, 6.45) is 7.22. The lowest BCUT2D eigenvalue weighted by molar-refractivity contribution is 0.206. The van der Waals surface area contributed by atoms with Crippen LogP contribution in [-0.4, -0.2) is 23.5 Å². The zero-order valence-corrected chi connectivity index (χ0v) is 8.38. The molecule has 1 fully saturated rings. The molecule has 0 aliphatic carbocycles. The van der Waals surface area contributed by atoms with Crippen molar-refractivity contribution in [2.24, 2.45) is 5.92 Å². The van der Waals surface area contributed by atoms with E-state index in [9.17, 15) is 0 Å². The van der Waals surface area contributed by atoms with E-state index in [-0.39, 0.29) is 5.54 Å². The third-order valence-corrected chi connectivity index (χ3v) is 2.81. The van der Waals surface area contributed by atoms with Crippen molar-refractivity contribution in [3.63, 3.8) is 0 Å². The number of likely N-dealkylation sites (tertiary alicyclic amines) is 1. The summed E-state index contributed by atoms with van der Waals surface area (Å²) >= 11 is 0. The van der Waals surface area contributed by atoms with Crippen LogP contribution in [0.4, 0.5) is 0 Å². The van der Waals surface area contributed by atoms with Gasteiger partial charge in [-0.15, -0.1) is 6.42 Å². The quantitative estimate of drug-likeness (QED) is 0.598. The van der Waals surface area contributed by atoms with Gasteiger partial charge in [-0.25, -0.2) is 0 Å². The second-order valence-electron chi connectivity index (χ2n) is 4.17. The van der Waals surface area contributed by atoms with Gasteiger partial charge in [0.05, 0.1) is 11.6 Å². The number of terminal acetylenes is 1. The molecule has 0 aromatic carbocycles. The molecule has 0 bridgehead atoms. The molecule has 0 spiro atoms. The molecule has 0 saturated carbocycles. The number of rotatable bonds is 2. The summed E-state index contributed by atoms with van der Waals surface area (Å²) in [5.74, 6) is 3.31. The van der Waals surface area contributed by atoms with Crippen molar-refractivity contribution >= 4 is 0 Å². The number of nitriles is 1. The van der Waals surface area contributed by atoms with Crippen LogP contribution in [-0.2, 0) is 0 Å². The van der Waals surface area contributed by atoms with E-state index in [1.165, 1.54) is 0 Å². The van der Waals surface area contributed by atoms with E-state index in [4.69, 9.17) is 11.7 Å². The van der Waals surface area contributed by atoms with Crippen molar-refractivity contribution in [3.8, 4) is 18.4 Å². The van der Waals surface area contributed by atoms with Gasteiger partial charge in [0.25, 0.3) is 0 Å². The second kappa shape index (κ2) is 3.81. The Bertz CT molecular complexity index is 254. The van der Waals surface area contributed by atoms with E-state index in [2.05, 4.69) is 30.7 Å². The third-order valence-electron chi connectivity index (χ3n) is 2.81. The molecule has 0 N–H and O–H groups in total. The van der Waals surface area contributed by atoms with Crippen LogP contribution in [0.5, 0.6) is 0 Å². The highest BCUT2D eigenvalue weighted by atomic mass is 15.2. The largest absolute Gasteiger partial charge is 0.287 e. The normalized spacial score (nSPS) is 23.8. The third kappa shape index (κ3) is 2.23. The van der Waals surface area contributed by atoms with Gasteiger partial charge in [0.2, 0.25) is 0 Å². The molecular weight excluding hydrogens is 160 g/mol. The van der Waals surface area contributed by atoms with E-state index in [0.29, 0.717) is 12.3 Å². The molecule has 2 heteroatoms. The van der Waals surface area contributed by atoms with Crippen molar-refractivity contribution in [2.75, 3.05) is 13.1 Å². The molecule has 1 rings (SSSR count). The zero-order valence-electron chi connectivity index (χ0n) is 8.38. The monoisotopic (exact) mass is 176 g/mol. The molecule has 1 aliphatic rings. The molecule has 1 saturated heterocycles. The van der Waals surface area contributed by atoms with Crippen molar-refractivity contribution in [3.05, 3.63) is 0 Å². The maximum Gasteiger partial charge on any atom is 0.0766 e. The summed E-state index contributed by atoms with van der Waals surface area (Å²) in [4.78, 5) is 2.29. The highest BCUT2D eigenvalue weighted by Crippen LogP contribution is 2.25. The molecule has 2 nitrogen and oxygen atoms in total. The van der Waals surface area contributed by atoms with Crippen LogP contribution < -0.4 is 0 Å².